The number of thioether (sulfide) groups is 1. The molecule has 1 N–H and O–H groups in total. The second-order valence-corrected chi connectivity index (χ2v) is 3.60. The molecule has 0 aromatic carbocycles. The summed E-state index contributed by atoms with van der Waals surface area (Å²) in [5.41, 5.74) is -0.535. The first-order valence-electron chi connectivity index (χ1n) is 3.85. The predicted molar refractivity (Wildman–Crippen MR) is 50.6 cm³/mol. The lowest BCUT2D eigenvalue weighted by Crippen LogP contribution is -2.21. The molecule has 0 heterocycles. The third kappa shape index (κ3) is 2.72. The van der Waals surface area contributed by atoms with Gasteiger partial charge in [0.05, 0.1) is 5.60 Å². The molecule has 0 aromatic heterocycles. The highest BCUT2D eigenvalue weighted by atomic mass is 32.2. The summed E-state index contributed by atoms with van der Waals surface area (Å²) in [6, 6.07) is 0. The van der Waals surface area contributed by atoms with E-state index in [0.29, 0.717) is 0 Å². The van der Waals surface area contributed by atoms with E-state index in [1.807, 2.05) is 29.9 Å². The molecule has 1 aliphatic rings. The molecule has 1 atom stereocenters. The molecule has 1 nitrogen and oxygen atoms in total. The van der Waals surface area contributed by atoms with Crippen LogP contribution >= 0.6 is 11.8 Å². The van der Waals surface area contributed by atoms with Crippen molar-refractivity contribution in [2.24, 2.45) is 0 Å². The van der Waals surface area contributed by atoms with Gasteiger partial charge < -0.3 is 5.11 Å². The smallest absolute Gasteiger partial charge is 0.0865 e. The Hall–Kier alpha value is -0.210. The zero-order valence-corrected chi connectivity index (χ0v) is 7.60. The van der Waals surface area contributed by atoms with Crippen LogP contribution in [0.3, 0.4) is 0 Å². The van der Waals surface area contributed by atoms with Crippen molar-refractivity contribution < 1.29 is 5.11 Å². The van der Waals surface area contributed by atoms with Crippen LogP contribution in [0.5, 0.6) is 0 Å². The van der Waals surface area contributed by atoms with Crippen LogP contribution in [0.15, 0.2) is 23.6 Å². The topological polar surface area (TPSA) is 20.2 Å². The SMILES string of the molecule is CS/C=C\CC1(O)C=CCC1. The van der Waals surface area contributed by atoms with Crippen LogP contribution in [0.4, 0.5) is 0 Å². The van der Waals surface area contributed by atoms with E-state index in [2.05, 4.69) is 0 Å². The summed E-state index contributed by atoms with van der Waals surface area (Å²) >= 11 is 1.67. The lowest BCUT2D eigenvalue weighted by molar-refractivity contribution is 0.0943. The predicted octanol–water partition coefficient (Wildman–Crippen LogP) is 2.33. The lowest BCUT2D eigenvalue weighted by Gasteiger charge is -2.17. The molecule has 62 valence electrons. The van der Waals surface area contributed by atoms with Crippen LogP contribution in [0.2, 0.25) is 0 Å². The first kappa shape index (κ1) is 8.88. The van der Waals surface area contributed by atoms with Crippen LogP contribution in [-0.2, 0) is 0 Å². The van der Waals surface area contributed by atoms with E-state index in [1.54, 1.807) is 11.8 Å². The largest absolute Gasteiger partial charge is 0.385 e. The van der Waals surface area contributed by atoms with Crippen molar-refractivity contribution in [3.8, 4) is 0 Å². The van der Waals surface area contributed by atoms with Crippen molar-refractivity contribution in [2.45, 2.75) is 24.9 Å². The Bertz CT molecular complexity index is 174. The van der Waals surface area contributed by atoms with Gasteiger partial charge in [0.2, 0.25) is 0 Å². The number of rotatable bonds is 3. The third-order valence-corrected chi connectivity index (χ3v) is 2.34. The van der Waals surface area contributed by atoms with Crippen LogP contribution < -0.4 is 0 Å². The first-order chi connectivity index (χ1) is 5.27. The number of hydrogen-bond acceptors (Lipinski definition) is 2. The monoisotopic (exact) mass is 170 g/mol. The minimum Gasteiger partial charge on any atom is -0.385 e. The summed E-state index contributed by atoms with van der Waals surface area (Å²) in [5.74, 6) is 0. The molecule has 0 fully saturated rings. The molecule has 1 rings (SSSR count). The fraction of sp³-hybridized carbons (Fsp3) is 0.556. The molecule has 0 bridgehead atoms. The van der Waals surface area contributed by atoms with Crippen molar-refractivity contribution in [3.05, 3.63) is 23.6 Å². The fourth-order valence-electron chi connectivity index (χ4n) is 1.24. The lowest BCUT2D eigenvalue weighted by atomic mass is 10.00. The molecule has 0 saturated carbocycles. The van der Waals surface area contributed by atoms with Gasteiger partial charge in [0.15, 0.2) is 0 Å². The highest BCUT2D eigenvalue weighted by Gasteiger charge is 2.24. The summed E-state index contributed by atoms with van der Waals surface area (Å²) < 4.78 is 0. The maximum Gasteiger partial charge on any atom is 0.0865 e. The molecule has 0 aliphatic heterocycles. The highest BCUT2D eigenvalue weighted by Crippen LogP contribution is 2.26. The van der Waals surface area contributed by atoms with E-state index >= 15 is 0 Å². The van der Waals surface area contributed by atoms with Gasteiger partial charge in [0.1, 0.15) is 0 Å². The zero-order valence-electron chi connectivity index (χ0n) is 6.79. The van der Waals surface area contributed by atoms with Crippen molar-refractivity contribution >= 4 is 11.8 Å². The van der Waals surface area contributed by atoms with Gasteiger partial charge in [-0.15, -0.1) is 11.8 Å². The Labute approximate surface area is 72.2 Å². The number of allylic oxidation sites excluding steroid dienone is 1. The van der Waals surface area contributed by atoms with Crippen molar-refractivity contribution in [1.82, 2.24) is 0 Å². The molecule has 1 aliphatic carbocycles. The van der Waals surface area contributed by atoms with Crippen molar-refractivity contribution in [1.29, 1.82) is 0 Å². The molecule has 11 heavy (non-hydrogen) atoms. The second-order valence-electron chi connectivity index (χ2n) is 2.86. The van der Waals surface area contributed by atoms with Gasteiger partial charge in [0.25, 0.3) is 0 Å². The molecule has 0 radical (unpaired) electrons. The van der Waals surface area contributed by atoms with Gasteiger partial charge in [0, 0.05) is 0 Å². The van der Waals surface area contributed by atoms with Gasteiger partial charge in [-0.25, -0.2) is 0 Å². The van der Waals surface area contributed by atoms with Gasteiger partial charge >= 0.3 is 0 Å². The Morgan fingerprint density at radius 2 is 2.55 bits per heavy atom. The zero-order chi connectivity index (χ0) is 8.16. The molecular formula is C9H14OS. The summed E-state index contributed by atoms with van der Waals surface area (Å²) in [6.07, 6.45) is 10.7. The minimum atomic E-state index is -0.535. The van der Waals surface area contributed by atoms with Crippen LogP contribution in [0.1, 0.15) is 19.3 Å². The minimum absolute atomic E-state index is 0.535. The fourth-order valence-corrected chi connectivity index (χ4v) is 1.53. The summed E-state index contributed by atoms with van der Waals surface area (Å²) in [5, 5.41) is 11.8. The van der Waals surface area contributed by atoms with E-state index in [0.717, 1.165) is 19.3 Å². The number of hydrogen-bond donors (Lipinski definition) is 1. The average Bonchev–Trinajstić information content (AvgIpc) is 2.38. The van der Waals surface area contributed by atoms with E-state index in [4.69, 9.17) is 0 Å². The molecule has 0 amide bonds. The van der Waals surface area contributed by atoms with E-state index in [-0.39, 0.29) is 0 Å². The highest BCUT2D eigenvalue weighted by molar-refractivity contribution is 8.01. The molecular weight excluding hydrogens is 156 g/mol. The quantitative estimate of drug-likeness (QED) is 0.656. The van der Waals surface area contributed by atoms with Crippen LogP contribution in [0, 0.1) is 0 Å². The first-order valence-corrected chi connectivity index (χ1v) is 5.13. The normalized spacial score (nSPS) is 30.4. The maximum atomic E-state index is 9.77. The van der Waals surface area contributed by atoms with Crippen LogP contribution in [-0.4, -0.2) is 17.0 Å². The molecule has 0 saturated heterocycles. The molecule has 2 heteroatoms. The Morgan fingerprint density at radius 3 is 3.09 bits per heavy atom. The Kier molecular flexibility index (Phi) is 3.21. The van der Waals surface area contributed by atoms with E-state index in [9.17, 15) is 5.11 Å². The number of aliphatic hydroxyl groups is 1. The second kappa shape index (κ2) is 3.98. The Balaban J connectivity index is 2.35. The van der Waals surface area contributed by atoms with Gasteiger partial charge in [-0.2, -0.15) is 0 Å². The van der Waals surface area contributed by atoms with E-state index < -0.39 is 5.60 Å². The molecule has 1 unspecified atom stereocenters. The van der Waals surface area contributed by atoms with Gasteiger partial charge in [-0.3, -0.25) is 0 Å². The summed E-state index contributed by atoms with van der Waals surface area (Å²) in [4.78, 5) is 0. The van der Waals surface area contributed by atoms with Crippen molar-refractivity contribution in [2.75, 3.05) is 6.26 Å². The Morgan fingerprint density at radius 1 is 1.73 bits per heavy atom. The van der Waals surface area contributed by atoms with Crippen LogP contribution in [0.25, 0.3) is 0 Å². The third-order valence-electron chi connectivity index (χ3n) is 1.88. The van der Waals surface area contributed by atoms with Gasteiger partial charge in [-0.05, 0) is 30.9 Å². The average molecular weight is 170 g/mol. The molecule has 0 spiro atoms. The van der Waals surface area contributed by atoms with Gasteiger partial charge in [-0.1, -0.05) is 18.2 Å². The van der Waals surface area contributed by atoms with E-state index in [1.165, 1.54) is 0 Å². The summed E-state index contributed by atoms with van der Waals surface area (Å²) in [6.45, 7) is 0. The standard InChI is InChI=1S/C9H14OS/c1-11-8-4-7-9(10)5-2-3-6-9/h2,4-5,8,10H,3,6-7H2,1H3/b8-4-. The summed E-state index contributed by atoms with van der Waals surface area (Å²) in [7, 11) is 0. The van der Waals surface area contributed by atoms with Crippen molar-refractivity contribution in [3.63, 3.8) is 0 Å². The maximum absolute atomic E-state index is 9.77. The molecule has 0 aromatic rings.